The molecule has 0 atom stereocenters. The molecule has 0 bridgehead atoms. The van der Waals surface area contributed by atoms with Crippen LogP contribution in [0.3, 0.4) is 0 Å². The summed E-state index contributed by atoms with van der Waals surface area (Å²) in [5, 5.41) is 8.99. The van der Waals surface area contributed by atoms with Crippen molar-refractivity contribution in [2.45, 2.75) is 32.6 Å². The van der Waals surface area contributed by atoms with E-state index < -0.39 is 0 Å². The average molecular weight is 285 g/mol. The molecule has 1 aliphatic carbocycles. The summed E-state index contributed by atoms with van der Waals surface area (Å²) in [6.45, 7) is 5.43. The van der Waals surface area contributed by atoms with Gasteiger partial charge in [-0.2, -0.15) is 5.26 Å². The van der Waals surface area contributed by atoms with E-state index in [9.17, 15) is 4.79 Å². The zero-order valence-corrected chi connectivity index (χ0v) is 12.7. The Balaban J connectivity index is 1.96. The van der Waals surface area contributed by atoms with Crippen molar-refractivity contribution in [2.75, 3.05) is 26.2 Å². The van der Waals surface area contributed by atoms with Crippen LogP contribution in [-0.2, 0) is 4.79 Å². The number of nitrogens with zero attached hydrogens (tertiary/aromatic N) is 3. The minimum atomic E-state index is 0.276. The molecular formula is C17H23N3O. The van der Waals surface area contributed by atoms with E-state index in [4.69, 9.17) is 5.26 Å². The maximum absolute atomic E-state index is 11.9. The largest absolute Gasteiger partial charge is 0.371 e. The van der Waals surface area contributed by atoms with Gasteiger partial charge in [0.2, 0.25) is 5.91 Å². The molecule has 4 nitrogen and oxygen atoms in total. The van der Waals surface area contributed by atoms with Crippen molar-refractivity contribution in [2.24, 2.45) is 0 Å². The second kappa shape index (κ2) is 7.68. The van der Waals surface area contributed by atoms with Gasteiger partial charge >= 0.3 is 0 Å². The monoisotopic (exact) mass is 285 g/mol. The molecule has 0 spiro atoms. The molecule has 1 aliphatic heterocycles. The molecule has 0 aromatic rings. The molecule has 0 radical (unpaired) electrons. The summed E-state index contributed by atoms with van der Waals surface area (Å²) < 4.78 is 0. The fourth-order valence-corrected chi connectivity index (χ4v) is 2.72. The molecule has 0 aromatic heterocycles. The van der Waals surface area contributed by atoms with Crippen molar-refractivity contribution < 1.29 is 4.79 Å². The molecule has 0 N–H and O–H groups in total. The number of nitriles is 1. The van der Waals surface area contributed by atoms with Crippen LogP contribution in [0.5, 0.6) is 0 Å². The topological polar surface area (TPSA) is 47.3 Å². The lowest BCUT2D eigenvalue weighted by atomic mass is 10.1. The molecule has 0 saturated carbocycles. The first-order chi connectivity index (χ1) is 10.2. The molecular weight excluding hydrogens is 262 g/mol. The number of carbonyl (C=O) groups is 1. The summed E-state index contributed by atoms with van der Waals surface area (Å²) in [7, 11) is 0. The second-order valence-corrected chi connectivity index (χ2v) is 5.45. The molecule has 21 heavy (non-hydrogen) atoms. The van der Waals surface area contributed by atoms with Crippen LogP contribution < -0.4 is 0 Å². The van der Waals surface area contributed by atoms with Crippen LogP contribution in [0.1, 0.15) is 32.6 Å². The van der Waals surface area contributed by atoms with Crippen molar-refractivity contribution in [3.05, 3.63) is 35.6 Å². The molecule has 112 valence electrons. The van der Waals surface area contributed by atoms with E-state index in [1.807, 2.05) is 24.0 Å². The van der Waals surface area contributed by atoms with E-state index in [1.165, 1.54) is 5.70 Å². The number of rotatable bonds is 3. The number of allylic oxidation sites excluding steroid dienone is 6. The van der Waals surface area contributed by atoms with Crippen LogP contribution in [-0.4, -0.2) is 41.9 Å². The zero-order chi connectivity index (χ0) is 15.1. The van der Waals surface area contributed by atoms with E-state index in [1.54, 1.807) is 0 Å². The van der Waals surface area contributed by atoms with Gasteiger partial charge in [0.05, 0.1) is 11.6 Å². The van der Waals surface area contributed by atoms with Gasteiger partial charge in [-0.3, -0.25) is 4.79 Å². The Kier molecular flexibility index (Phi) is 5.62. The highest BCUT2D eigenvalue weighted by molar-refractivity contribution is 5.76. The Morgan fingerprint density at radius 3 is 2.71 bits per heavy atom. The predicted octanol–water partition coefficient (Wildman–Crippen LogP) is 2.61. The van der Waals surface area contributed by atoms with Gasteiger partial charge in [-0.15, -0.1) is 0 Å². The van der Waals surface area contributed by atoms with Gasteiger partial charge in [0.1, 0.15) is 0 Å². The summed E-state index contributed by atoms with van der Waals surface area (Å²) in [6.07, 6.45) is 11.4. The number of piperazine rings is 1. The third kappa shape index (κ3) is 4.22. The van der Waals surface area contributed by atoms with Crippen LogP contribution in [0.4, 0.5) is 0 Å². The van der Waals surface area contributed by atoms with Crippen molar-refractivity contribution in [1.82, 2.24) is 9.80 Å². The molecule has 4 heteroatoms. The Labute approximate surface area is 127 Å². The van der Waals surface area contributed by atoms with E-state index >= 15 is 0 Å². The van der Waals surface area contributed by atoms with Gasteiger partial charge in [0, 0.05) is 38.3 Å². The Hall–Kier alpha value is -2.02. The van der Waals surface area contributed by atoms with Crippen molar-refractivity contribution in [3.8, 4) is 6.07 Å². The second-order valence-electron chi connectivity index (χ2n) is 5.45. The molecule has 0 aromatic carbocycles. The quantitative estimate of drug-likeness (QED) is 0.801. The Bertz CT molecular complexity index is 503. The zero-order valence-electron chi connectivity index (χ0n) is 12.7. The average Bonchev–Trinajstić information content (AvgIpc) is 2.48. The molecule has 1 heterocycles. The maximum Gasteiger partial charge on any atom is 0.222 e. The lowest BCUT2D eigenvalue weighted by molar-refractivity contribution is -0.132. The third-order valence-corrected chi connectivity index (χ3v) is 3.95. The first-order valence-corrected chi connectivity index (χ1v) is 7.75. The normalized spacial score (nSPS) is 25.7. The maximum atomic E-state index is 11.9. The minimum Gasteiger partial charge on any atom is -0.371 e. The third-order valence-electron chi connectivity index (χ3n) is 3.95. The Morgan fingerprint density at radius 1 is 1.29 bits per heavy atom. The highest BCUT2D eigenvalue weighted by Crippen LogP contribution is 2.18. The fraction of sp³-hybridized carbons (Fsp3) is 0.529. The van der Waals surface area contributed by atoms with Crippen LogP contribution in [0.15, 0.2) is 35.6 Å². The summed E-state index contributed by atoms with van der Waals surface area (Å²) in [5.41, 5.74) is 1.97. The van der Waals surface area contributed by atoms with Gasteiger partial charge in [0.15, 0.2) is 0 Å². The van der Waals surface area contributed by atoms with E-state index in [0.29, 0.717) is 12.0 Å². The van der Waals surface area contributed by atoms with Gasteiger partial charge in [-0.1, -0.05) is 13.0 Å². The molecule has 2 rings (SSSR count). The van der Waals surface area contributed by atoms with Gasteiger partial charge < -0.3 is 9.80 Å². The van der Waals surface area contributed by atoms with Crippen molar-refractivity contribution in [1.29, 1.82) is 5.26 Å². The number of hydrogen-bond acceptors (Lipinski definition) is 3. The van der Waals surface area contributed by atoms with E-state index in [0.717, 1.165) is 45.4 Å². The Morgan fingerprint density at radius 2 is 2.05 bits per heavy atom. The van der Waals surface area contributed by atoms with Gasteiger partial charge in [0.25, 0.3) is 0 Å². The lowest BCUT2D eigenvalue weighted by Gasteiger charge is -2.37. The first kappa shape index (κ1) is 15.4. The van der Waals surface area contributed by atoms with E-state index in [-0.39, 0.29) is 5.91 Å². The molecule has 2 aliphatic rings. The highest BCUT2D eigenvalue weighted by Gasteiger charge is 2.21. The molecule has 1 amide bonds. The van der Waals surface area contributed by atoms with Crippen LogP contribution in [0.25, 0.3) is 0 Å². The van der Waals surface area contributed by atoms with Crippen LogP contribution >= 0.6 is 0 Å². The molecule has 1 saturated heterocycles. The standard InChI is InChI=1S/C17H23N3O/c1-2-5-17(21)20-12-10-19(11-13-20)16-7-4-3-6-15(14-18)8-9-16/h3,6,8-9H,2,4-5,7,10-13H2,1H3/b6-3-,15-8+,16-9+. The van der Waals surface area contributed by atoms with Crippen molar-refractivity contribution >= 4 is 5.91 Å². The fourth-order valence-electron chi connectivity index (χ4n) is 2.72. The summed E-state index contributed by atoms with van der Waals surface area (Å²) in [4.78, 5) is 16.2. The van der Waals surface area contributed by atoms with Crippen molar-refractivity contribution in [3.63, 3.8) is 0 Å². The summed E-state index contributed by atoms with van der Waals surface area (Å²) >= 11 is 0. The molecule has 1 fully saturated rings. The first-order valence-electron chi connectivity index (χ1n) is 7.75. The SMILES string of the molecule is CCCC(=O)N1CCN(/C2=C/C=C(C#N)\C=C/CC2)CC1. The van der Waals surface area contributed by atoms with Crippen LogP contribution in [0.2, 0.25) is 0 Å². The lowest BCUT2D eigenvalue weighted by Crippen LogP contribution is -2.48. The highest BCUT2D eigenvalue weighted by atomic mass is 16.2. The molecule has 0 unspecified atom stereocenters. The van der Waals surface area contributed by atoms with Gasteiger partial charge in [-0.05, 0) is 37.5 Å². The number of hydrogen-bond donors (Lipinski definition) is 0. The minimum absolute atomic E-state index is 0.276. The summed E-state index contributed by atoms with van der Waals surface area (Å²) in [5.74, 6) is 0.276. The summed E-state index contributed by atoms with van der Waals surface area (Å²) in [6, 6.07) is 2.19. The number of carbonyl (C=O) groups excluding carboxylic acids is 1. The van der Waals surface area contributed by atoms with Gasteiger partial charge in [-0.25, -0.2) is 0 Å². The predicted molar refractivity (Wildman–Crippen MR) is 83.2 cm³/mol. The van der Waals surface area contributed by atoms with Crippen LogP contribution in [0, 0.1) is 11.3 Å². The number of amides is 1. The smallest absolute Gasteiger partial charge is 0.222 e. The van der Waals surface area contributed by atoms with E-state index in [2.05, 4.69) is 23.1 Å².